The molecular weight excluding hydrogens is 300 g/mol. The third kappa shape index (κ3) is 3.17. The largest absolute Gasteiger partial charge is 0.351 e. The van der Waals surface area contributed by atoms with E-state index in [1.54, 1.807) is 13.0 Å². The van der Waals surface area contributed by atoms with Crippen LogP contribution in [0.15, 0.2) is 24.3 Å². The number of carbonyl (C=O) groups is 2. The van der Waals surface area contributed by atoms with Crippen LogP contribution in [0.25, 0.3) is 10.9 Å². The minimum absolute atomic E-state index is 0.0985. The van der Waals surface area contributed by atoms with Gasteiger partial charge in [0.2, 0.25) is 0 Å². The maximum absolute atomic E-state index is 12.3. The Morgan fingerprint density at radius 3 is 2.59 bits per heavy atom. The molecule has 2 N–H and O–H groups in total. The van der Waals surface area contributed by atoms with Crippen LogP contribution in [0.3, 0.4) is 0 Å². The van der Waals surface area contributed by atoms with E-state index < -0.39 is 0 Å². The van der Waals surface area contributed by atoms with E-state index in [0.29, 0.717) is 10.7 Å². The van der Waals surface area contributed by atoms with Gasteiger partial charge in [-0.3, -0.25) is 9.59 Å². The van der Waals surface area contributed by atoms with Gasteiger partial charge in [0.25, 0.3) is 5.91 Å². The highest BCUT2D eigenvalue weighted by molar-refractivity contribution is 6.31. The molecule has 1 aromatic heterocycles. The quantitative estimate of drug-likeness (QED) is 0.906. The lowest BCUT2D eigenvalue weighted by atomic mass is 9.84. The molecule has 0 radical (unpaired) electrons. The van der Waals surface area contributed by atoms with Crippen LogP contribution in [-0.2, 0) is 4.79 Å². The fourth-order valence-corrected chi connectivity index (χ4v) is 3.31. The van der Waals surface area contributed by atoms with E-state index in [0.717, 1.165) is 36.6 Å². The highest BCUT2D eigenvalue weighted by Crippen LogP contribution is 2.25. The Labute approximate surface area is 134 Å². The highest BCUT2D eigenvalue weighted by atomic mass is 35.5. The molecule has 4 nitrogen and oxygen atoms in total. The Morgan fingerprint density at radius 2 is 1.91 bits per heavy atom. The molecule has 1 aliphatic rings. The number of fused-ring (bicyclic) bond motifs is 1. The number of halogens is 1. The van der Waals surface area contributed by atoms with Gasteiger partial charge in [0.1, 0.15) is 11.5 Å². The number of ketones is 1. The van der Waals surface area contributed by atoms with Gasteiger partial charge in [-0.25, -0.2) is 0 Å². The molecule has 0 unspecified atom stereocenters. The van der Waals surface area contributed by atoms with Crippen molar-refractivity contribution in [3.8, 4) is 0 Å². The number of aromatic nitrogens is 1. The molecular formula is C17H19ClN2O2. The zero-order valence-corrected chi connectivity index (χ0v) is 13.2. The van der Waals surface area contributed by atoms with Gasteiger partial charge in [-0.05, 0) is 56.9 Å². The number of H-pyrrole nitrogens is 1. The van der Waals surface area contributed by atoms with Gasteiger partial charge in [0.05, 0.1) is 0 Å². The predicted octanol–water partition coefficient (Wildman–Crippen LogP) is 3.70. The first-order valence-electron chi connectivity index (χ1n) is 7.62. The number of amides is 1. The number of rotatable bonds is 3. The zero-order chi connectivity index (χ0) is 15.7. The molecule has 116 valence electrons. The summed E-state index contributed by atoms with van der Waals surface area (Å²) in [5, 5.41) is 4.64. The van der Waals surface area contributed by atoms with E-state index in [4.69, 9.17) is 11.6 Å². The van der Waals surface area contributed by atoms with Crippen LogP contribution in [-0.4, -0.2) is 22.7 Å². The molecule has 1 heterocycles. The molecule has 3 rings (SSSR count). The highest BCUT2D eigenvalue weighted by Gasteiger charge is 2.25. The van der Waals surface area contributed by atoms with Crippen molar-refractivity contribution < 1.29 is 9.59 Å². The minimum atomic E-state index is -0.0985. The van der Waals surface area contributed by atoms with Crippen LogP contribution < -0.4 is 5.32 Å². The molecule has 0 saturated heterocycles. The van der Waals surface area contributed by atoms with Crippen molar-refractivity contribution in [2.24, 2.45) is 5.92 Å². The molecule has 5 heteroatoms. The number of benzene rings is 1. The fourth-order valence-electron chi connectivity index (χ4n) is 3.13. The molecule has 1 fully saturated rings. The lowest BCUT2D eigenvalue weighted by molar-refractivity contribution is -0.121. The van der Waals surface area contributed by atoms with Crippen molar-refractivity contribution in [3.63, 3.8) is 0 Å². The zero-order valence-electron chi connectivity index (χ0n) is 12.5. The van der Waals surface area contributed by atoms with Gasteiger partial charge in [-0.1, -0.05) is 11.6 Å². The molecule has 0 bridgehead atoms. The lowest BCUT2D eigenvalue weighted by Crippen LogP contribution is -2.38. The van der Waals surface area contributed by atoms with Crippen molar-refractivity contribution in [2.75, 3.05) is 0 Å². The van der Waals surface area contributed by atoms with E-state index in [2.05, 4.69) is 10.3 Å². The molecule has 0 spiro atoms. The van der Waals surface area contributed by atoms with Crippen LogP contribution in [0, 0.1) is 5.92 Å². The number of Topliss-reactive ketones (excluding diaryl/α,β-unsaturated/α-hetero) is 1. The van der Waals surface area contributed by atoms with Gasteiger partial charge in [-0.2, -0.15) is 0 Å². The number of nitrogens with one attached hydrogen (secondary N) is 2. The molecule has 1 aromatic carbocycles. The summed E-state index contributed by atoms with van der Waals surface area (Å²) in [5.74, 6) is 0.333. The summed E-state index contributed by atoms with van der Waals surface area (Å²) < 4.78 is 0. The molecule has 1 saturated carbocycles. The summed E-state index contributed by atoms with van der Waals surface area (Å²) in [7, 11) is 0. The predicted molar refractivity (Wildman–Crippen MR) is 87.2 cm³/mol. The van der Waals surface area contributed by atoms with E-state index in [-0.39, 0.29) is 23.7 Å². The van der Waals surface area contributed by atoms with Crippen LogP contribution >= 0.6 is 11.6 Å². The molecule has 1 aliphatic carbocycles. The average Bonchev–Trinajstić information content (AvgIpc) is 2.91. The molecule has 0 atom stereocenters. The average molecular weight is 319 g/mol. The Morgan fingerprint density at radius 1 is 1.18 bits per heavy atom. The van der Waals surface area contributed by atoms with Gasteiger partial charge < -0.3 is 10.3 Å². The SMILES string of the molecule is CC(=O)C1CCC(NC(=O)c2cc3cc(Cl)ccc3[nH]2)CC1. The maximum atomic E-state index is 12.3. The minimum Gasteiger partial charge on any atom is -0.351 e. The number of aromatic amines is 1. The first-order valence-corrected chi connectivity index (χ1v) is 8.00. The van der Waals surface area contributed by atoms with Gasteiger partial charge in [0.15, 0.2) is 0 Å². The third-order valence-electron chi connectivity index (χ3n) is 4.46. The fraction of sp³-hybridized carbons (Fsp3) is 0.412. The van der Waals surface area contributed by atoms with Gasteiger partial charge in [-0.15, -0.1) is 0 Å². The standard InChI is InChI=1S/C17H19ClN2O2/c1-10(21)11-2-5-14(6-3-11)19-17(22)16-9-12-8-13(18)4-7-15(12)20-16/h4,7-9,11,14,20H,2-3,5-6H2,1H3,(H,19,22). The Hall–Kier alpha value is -1.81. The summed E-state index contributed by atoms with van der Waals surface area (Å²) >= 11 is 5.96. The van der Waals surface area contributed by atoms with E-state index in [1.807, 2.05) is 18.2 Å². The van der Waals surface area contributed by atoms with Crippen LogP contribution in [0.1, 0.15) is 43.1 Å². The molecule has 1 amide bonds. The number of hydrogen-bond donors (Lipinski definition) is 2. The monoisotopic (exact) mass is 318 g/mol. The van der Waals surface area contributed by atoms with Crippen molar-refractivity contribution in [1.29, 1.82) is 0 Å². The maximum Gasteiger partial charge on any atom is 0.267 e. The first-order chi connectivity index (χ1) is 10.5. The van der Waals surface area contributed by atoms with Gasteiger partial charge in [0, 0.05) is 27.9 Å². The normalized spacial score (nSPS) is 21.7. The second-order valence-corrected chi connectivity index (χ2v) is 6.48. The number of hydrogen-bond acceptors (Lipinski definition) is 2. The summed E-state index contributed by atoms with van der Waals surface area (Å²) in [6, 6.07) is 7.47. The van der Waals surface area contributed by atoms with Crippen molar-refractivity contribution in [2.45, 2.75) is 38.6 Å². The summed E-state index contributed by atoms with van der Waals surface area (Å²) in [4.78, 5) is 26.8. The topological polar surface area (TPSA) is 62.0 Å². The van der Waals surface area contributed by atoms with Gasteiger partial charge >= 0.3 is 0 Å². The second-order valence-electron chi connectivity index (χ2n) is 6.05. The molecule has 2 aromatic rings. The third-order valence-corrected chi connectivity index (χ3v) is 4.70. The van der Waals surface area contributed by atoms with Crippen LogP contribution in [0.2, 0.25) is 5.02 Å². The van der Waals surface area contributed by atoms with E-state index in [1.165, 1.54) is 0 Å². The molecule has 22 heavy (non-hydrogen) atoms. The summed E-state index contributed by atoms with van der Waals surface area (Å²) in [6.45, 7) is 1.65. The van der Waals surface area contributed by atoms with Crippen LogP contribution in [0.4, 0.5) is 0 Å². The molecule has 0 aliphatic heterocycles. The van der Waals surface area contributed by atoms with E-state index >= 15 is 0 Å². The lowest BCUT2D eigenvalue weighted by Gasteiger charge is -2.27. The Bertz CT molecular complexity index is 715. The van der Waals surface area contributed by atoms with Crippen LogP contribution in [0.5, 0.6) is 0 Å². The smallest absolute Gasteiger partial charge is 0.267 e. The van der Waals surface area contributed by atoms with E-state index in [9.17, 15) is 9.59 Å². The Kier molecular flexibility index (Phi) is 4.21. The van der Waals surface area contributed by atoms with Crippen molar-refractivity contribution >= 4 is 34.2 Å². The van der Waals surface area contributed by atoms with Crippen molar-refractivity contribution in [1.82, 2.24) is 10.3 Å². The summed E-state index contributed by atoms with van der Waals surface area (Å²) in [6.07, 6.45) is 3.45. The van der Waals surface area contributed by atoms with Crippen molar-refractivity contribution in [3.05, 3.63) is 35.0 Å². The Balaban J connectivity index is 1.65. The number of carbonyl (C=O) groups excluding carboxylic acids is 2. The second kappa shape index (κ2) is 6.13. The first kappa shape index (κ1) is 15.1. The summed E-state index contributed by atoms with van der Waals surface area (Å²) in [5.41, 5.74) is 1.45.